The van der Waals surface area contributed by atoms with Gasteiger partial charge in [0.25, 0.3) is 0 Å². The molecular formula is C26H28N6O. The summed E-state index contributed by atoms with van der Waals surface area (Å²) in [5.74, 6) is 1.34. The van der Waals surface area contributed by atoms with E-state index in [-0.39, 0.29) is 5.75 Å². The third-order valence-electron chi connectivity index (χ3n) is 7.06. The molecule has 0 radical (unpaired) electrons. The molecule has 1 saturated carbocycles. The largest absolute Gasteiger partial charge is 0.507 e. The molecule has 0 bridgehead atoms. The first kappa shape index (κ1) is 20.1. The van der Waals surface area contributed by atoms with Crippen LogP contribution in [-0.4, -0.2) is 43.4 Å². The molecule has 0 atom stereocenters. The summed E-state index contributed by atoms with van der Waals surface area (Å²) in [7, 11) is 0. The second-order valence-corrected chi connectivity index (χ2v) is 10.2. The Labute approximate surface area is 193 Å². The zero-order chi connectivity index (χ0) is 22.6. The maximum Gasteiger partial charge on any atom is 0.125 e. The van der Waals surface area contributed by atoms with E-state index in [9.17, 15) is 5.11 Å². The van der Waals surface area contributed by atoms with E-state index in [1.54, 1.807) is 12.1 Å². The molecule has 6 rings (SSSR count). The Balaban J connectivity index is 1.12. The number of fused-ring (bicyclic) bond motifs is 1. The summed E-state index contributed by atoms with van der Waals surface area (Å²) in [4.78, 5) is 2.43. The number of aromatic nitrogens is 5. The minimum Gasteiger partial charge on any atom is -0.507 e. The van der Waals surface area contributed by atoms with E-state index in [2.05, 4.69) is 63.7 Å². The quantitative estimate of drug-likeness (QED) is 0.487. The number of para-hydroxylation sites is 1. The number of phenolic OH excluding ortho intramolecular Hbond substituents is 1. The van der Waals surface area contributed by atoms with Crippen molar-refractivity contribution in [1.29, 1.82) is 0 Å². The molecule has 1 aliphatic heterocycles. The molecule has 33 heavy (non-hydrogen) atoms. The third-order valence-corrected chi connectivity index (χ3v) is 7.06. The Morgan fingerprint density at radius 3 is 2.64 bits per heavy atom. The maximum atomic E-state index is 10.1. The van der Waals surface area contributed by atoms with Crippen molar-refractivity contribution in [3.05, 3.63) is 60.4 Å². The van der Waals surface area contributed by atoms with Crippen molar-refractivity contribution in [3.63, 3.8) is 0 Å². The van der Waals surface area contributed by atoms with Crippen molar-refractivity contribution in [3.8, 4) is 17.0 Å². The van der Waals surface area contributed by atoms with Crippen molar-refractivity contribution < 1.29 is 5.11 Å². The number of anilines is 1. The molecule has 2 aromatic carbocycles. The highest BCUT2D eigenvalue weighted by molar-refractivity contribution is 5.85. The first-order valence-corrected chi connectivity index (χ1v) is 11.7. The predicted octanol–water partition coefficient (Wildman–Crippen LogP) is 4.63. The second kappa shape index (κ2) is 7.54. The highest BCUT2D eigenvalue weighted by Gasteiger charge is 2.53. The standard InChI is InChI=1S/C26H28N6O/c1-17(2)13-32-14-24(29-30-32)19-11-26(12-19)15-31(16-26)20-8-7-18-9-23(28-27-22(18)10-20)21-5-3-4-6-25(21)33/h3-10,14,17,19,33H,11-13,15-16H2,1-2H3. The predicted molar refractivity (Wildman–Crippen MR) is 128 cm³/mol. The average Bonchev–Trinajstić information content (AvgIpc) is 3.19. The summed E-state index contributed by atoms with van der Waals surface area (Å²) >= 11 is 0. The molecule has 2 aromatic heterocycles. The summed E-state index contributed by atoms with van der Waals surface area (Å²) < 4.78 is 1.98. The van der Waals surface area contributed by atoms with Crippen LogP contribution in [0.1, 0.15) is 38.3 Å². The fourth-order valence-corrected chi connectivity index (χ4v) is 5.41. The van der Waals surface area contributed by atoms with Gasteiger partial charge < -0.3 is 10.0 Å². The molecule has 1 saturated heterocycles. The zero-order valence-corrected chi connectivity index (χ0v) is 19.0. The van der Waals surface area contributed by atoms with E-state index < -0.39 is 0 Å². The van der Waals surface area contributed by atoms with Gasteiger partial charge in [0.1, 0.15) is 5.75 Å². The molecule has 7 heteroatoms. The molecule has 1 aliphatic carbocycles. The maximum absolute atomic E-state index is 10.1. The second-order valence-electron chi connectivity index (χ2n) is 10.2. The van der Waals surface area contributed by atoms with Crippen molar-refractivity contribution in [2.45, 2.75) is 39.2 Å². The molecule has 3 heterocycles. The van der Waals surface area contributed by atoms with E-state index in [0.717, 1.165) is 36.2 Å². The average molecular weight is 441 g/mol. The van der Waals surface area contributed by atoms with Crippen LogP contribution in [0, 0.1) is 11.3 Å². The highest BCUT2D eigenvalue weighted by Crippen LogP contribution is 2.56. The van der Waals surface area contributed by atoms with Gasteiger partial charge in [0.05, 0.1) is 16.9 Å². The summed E-state index contributed by atoms with van der Waals surface area (Å²) in [6, 6.07) is 15.6. The lowest BCUT2D eigenvalue weighted by molar-refractivity contribution is 0.0615. The van der Waals surface area contributed by atoms with E-state index >= 15 is 0 Å². The van der Waals surface area contributed by atoms with Crippen molar-refractivity contribution in [2.24, 2.45) is 11.3 Å². The molecule has 2 aliphatic rings. The lowest BCUT2D eigenvalue weighted by atomic mass is 9.57. The summed E-state index contributed by atoms with van der Waals surface area (Å²) in [5.41, 5.74) is 5.03. The van der Waals surface area contributed by atoms with Crippen molar-refractivity contribution in [1.82, 2.24) is 25.2 Å². The minimum absolute atomic E-state index is 0.218. The molecule has 4 aromatic rings. The van der Waals surface area contributed by atoms with Gasteiger partial charge in [-0.2, -0.15) is 0 Å². The number of nitrogens with zero attached hydrogens (tertiary/aromatic N) is 6. The fourth-order valence-electron chi connectivity index (χ4n) is 5.41. The molecular weight excluding hydrogens is 412 g/mol. The minimum atomic E-state index is 0.218. The van der Waals surface area contributed by atoms with Crippen LogP contribution < -0.4 is 4.90 Å². The highest BCUT2D eigenvalue weighted by atomic mass is 16.3. The molecule has 1 spiro atoms. The Hall–Kier alpha value is -3.48. The van der Waals surface area contributed by atoms with Gasteiger partial charge in [-0.15, -0.1) is 15.3 Å². The van der Waals surface area contributed by atoms with Gasteiger partial charge in [0, 0.05) is 53.8 Å². The first-order chi connectivity index (χ1) is 16.0. The molecule has 0 unspecified atom stereocenters. The van der Waals surface area contributed by atoms with Crippen LogP contribution in [0.2, 0.25) is 0 Å². The Bertz CT molecular complexity index is 1320. The van der Waals surface area contributed by atoms with E-state index in [0.29, 0.717) is 28.5 Å². The lowest BCUT2D eigenvalue weighted by Gasteiger charge is -2.59. The molecule has 0 amide bonds. The normalized spacial score (nSPS) is 17.5. The zero-order valence-electron chi connectivity index (χ0n) is 19.0. The van der Waals surface area contributed by atoms with E-state index in [1.165, 1.54) is 18.5 Å². The summed E-state index contributed by atoms with van der Waals surface area (Å²) in [6.07, 6.45) is 4.53. The smallest absolute Gasteiger partial charge is 0.125 e. The Kier molecular flexibility index (Phi) is 4.60. The molecule has 1 N–H and O–H groups in total. The summed E-state index contributed by atoms with van der Waals surface area (Å²) in [6.45, 7) is 7.50. The van der Waals surface area contributed by atoms with E-state index in [4.69, 9.17) is 0 Å². The van der Waals surface area contributed by atoms with E-state index in [1.807, 2.05) is 22.9 Å². The number of hydrogen-bond acceptors (Lipinski definition) is 6. The number of rotatable bonds is 5. The monoisotopic (exact) mass is 440 g/mol. The lowest BCUT2D eigenvalue weighted by Crippen LogP contribution is -2.61. The Morgan fingerprint density at radius 2 is 1.85 bits per heavy atom. The van der Waals surface area contributed by atoms with Gasteiger partial charge in [-0.25, -0.2) is 0 Å². The van der Waals surface area contributed by atoms with Crippen LogP contribution in [0.25, 0.3) is 22.2 Å². The van der Waals surface area contributed by atoms with Crippen LogP contribution in [0.5, 0.6) is 5.75 Å². The molecule has 7 nitrogen and oxygen atoms in total. The van der Waals surface area contributed by atoms with Gasteiger partial charge in [-0.05, 0) is 49.1 Å². The summed E-state index contributed by atoms with van der Waals surface area (Å²) in [5, 5.41) is 28.7. The van der Waals surface area contributed by atoms with Gasteiger partial charge in [-0.3, -0.25) is 4.68 Å². The number of benzene rings is 2. The topological polar surface area (TPSA) is 80.0 Å². The first-order valence-electron chi connectivity index (χ1n) is 11.7. The van der Waals surface area contributed by atoms with Crippen LogP contribution in [0.3, 0.4) is 0 Å². The van der Waals surface area contributed by atoms with Gasteiger partial charge in [0.15, 0.2) is 0 Å². The fraction of sp³-hybridized carbons (Fsp3) is 0.385. The van der Waals surface area contributed by atoms with Crippen LogP contribution in [-0.2, 0) is 6.54 Å². The Morgan fingerprint density at radius 1 is 1.03 bits per heavy atom. The third kappa shape index (κ3) is 3.61. The van der Waals surface area contributed by atoms with Gasteiger partial charge in [0.2, 0.25) is 0 Å². The van der Waals surface area contributed by atoms with Crippen LogP contribution in [0.4, 0.5) is 5.69 Å². The van der Waals surface area contributed by atoms with Crippen LogP contribution in [0.15, 0.2) is 54.7 Å². The molecule has 2 fully saturated rings. The van der Waals surface area contributed by atoms with Crippen molar-refractivity contribution >= 4 is 16.6 Å². The number of hydrogen-bond donors (Lipinski definition) is 1. The van der Waals surface area contributed by atoms with Crippen LogP contribution >= 0.6 is 0 Å². The SMILES string of the molecule is CC(C)Cn1cc(C2CC3(C2)CN(c2ccc4cc(-c5ccccc5O)nnc4c2)C3)nn1. The number of phenols is 1. The van der Waals surface area contributed by atoms with Crippen molar-refractivity contribution in [2.75, 3.05) is 18.0 Å². The molecule has 168 valence electrons. The number of aromatic hydroxyl groups is 1. The van der Waals surface area contributed by atoms with Gasteiger partial charge in [-0.1, -0.05) is 37.3 Å². The van der Waals surface area contributed by atoms with Gasteiger partial charge >= 0.3 is 0 Å².